The number of hydrogen-bond acceptors (Lipinski definition) is 8. The van der Waals surface area contributed by atoms with Gasteiger partial charge in [0.25, 0.3) is 0 Å². The van der Waals surface area contributed by atoms with Crippen LogP contribution in [0.25, 0.3) is 0 Å². The molecule has 4 heterocycles. The van der Waals surface area contributed by atoms with Gasteiger partial charge in [0, 0.05) is 31.0 Å². The second kappa shape index (κ2) is 9.54. The van der Waals surface area contributed by atoms with Crippen LogP contribution in [0.3, 0.4) is 0 Å². The van der Waals surface area contributed by atoms with Crippen molar-refractivity contribution in [1.82, 2.24) is 15.1 Å². The number of esters is 1. The molecule has 11 heteroatoms. The van der Waals surface area contributed by atoms with E-state index in [1.54, 1.807) is 13.8 Å². The van der Waals surface area contributed by atoms with Gasteiger partial charge < -0.3 is 29.5 Å². The Labute approximate surface area is 196 Å². The van der Waals surface area contributed by atoms with Crippen LogP contribution in [0.4, 0.5) is 0 Å². The Morgan fingerprint density at radius 1 is 1.38 bits per heavy atom. The Kier molecular flexibility index (Phi) is 7.11. The summed E-state index contributed by atoms with van der Waals surface area (Å²) >= 11 is 3.60. The van der Waals surface area contributed by atoms with Gasteiger partial charge >= 0.3 is 5.97 Å². The number of nitrogens with zero attached hydrogens (tertiary/aromatic N) is 2. The zero-order valence-corrected chi connectivity index (χ0v) is 20.1. The van der Waals surface area contributed by atoms with Gasteiger partial charge in [-0.3, -0.25) is 19.3 Å². The quantitative estimate of drug-likeness (QED) is 0.315. The molecular weight excluding hydrogens is 486 g/mol. The predicted octanol–water partition coefficient (Wildman–Crippen LogP) is -0.873. The highest BCUT2D eigenvalue weighted by Gasteiger charge is 2.77. The van der Waals surface area contributed by atoms with E-state index >= 15 is 0 Å². The van der Waals surface area contributed by atoms with Gasteiger partial charge in [-0.15, -0.1) is 0 Å². The first-order valence-electron chi connectivity index (χ1n) is 11.3. The van der Waals surface area contributed by atoms with Crippen LogP contribution < -0.4 is 5.32 Å². The lowest BCUT2D eigenvalue weighted by Gasteiger charge is -2.36. The number of rotatable bonds is 8. The number of amides is 2. The molecule has 4 aliphatic rings. The average molecular weight is 518 g/mol. The van der Waals surface area contributed by atoms with Crippen molar-refractivity contribution in [2.45, 2.75) is 48.9 Å². The number of aliphatic hydroxyl groups excluding tert-OH is 1. The number of morpholine rings is 1. The number of fused-ring (bicyclic) bond motifs is 1. The summed E-state index contributed by atoms with van der Waals surface area (Å²) in [7, 11) is 0. The van der Waals surface area contributed by atoms with Crippen LogP contribution in [-0.2, 0) is 28.6 Å². The minimum atomic E-state index is -1.13. The van der Waals surface area contributed by atoms with E-state index < -0.39 is 41.6 Å². The Morgan fingerprint density at radius 3 is 2.75 bits per heavy atom. The van der Waals surface area contributed by atoms with Crippen molar-refractivity contribution in [3.05, 3.63) is 0 Å². The Hall–Kier alpha value is -1.27. The summed E-state index contributed by atoms with van der Waals surface area (Å²) < 4.78 is 16.9. The third-order valence-corrected chi connectivity index (χ3v) is 7.95. The number of carbonyl (C=O) groups is 3. The summed E-state index contributed by atoms with van der Waals surface area (Å²) in [6.07, 6.45) is -0.0987. The highest BCUT2D eigenvalue weighted by molar-refractivity contribution is 9.09. The normalized spacial score (nSPS) is 37.4. The third-order valence-electron chi connectivity index (χ3n) is 7.10. The first-order valence-corrected chi connectivity index (χ1v) is 12.3. The molecule has 2 N–H and O–H groups in total. The van der Waals surface area contributed by atoms with E-state index in [9.17, 15) is 19.5 Å². The molecule has 0 saturated carbocycles. The highest BCUT2D eigenvalue weighted by Crippen LogP contribution is 2.60. The maximum atomic E-state index is 13.5. The fraction of sp³-hybridized carbons (Fsp3) is 0.857. The number of likely N-dealkylation sites (tertiary alicyclic amines) is 1. The molecule has 7 atom stereocenters. The van der Waals surface area contributed by atoms with Crippen LogP contribution in [0.15, 0.2) is 0 Å². The van der Waals surface area contributed by atoms with E-state index in [1.807, 2.05) is 0 Å². The molecule has 0 radical (unpaired) electrons. The zero-order valence-electron chi connectivity index (χ0n) is 18.5. The highest BCUT2D eigenvalue weighted by atomic mass is 79.9. The van der Waals surface area contributed by atoms with E-state index in [4.69, 9.17) is 14.2 Å². The van der Waals surface area contributed by atoms with Gasteiger partial charge in [-0.05, 0) is 20.3 Å². The molecule has 0 aromatic rings. The van der Waals surface area contributed by atoms with E-state index in [1.165, 1.54) is 4.90 Å². The Balaban J connectivity index is 1.57. The molecular formula is C21H32BrN3O7. The van der Waals surface area contributed by atoms with Crippen LogP contribution in [0.5, 0.6) is 0 Å². The molecule has 32 heavy (non-hydrogen) atoms. The van der Waals surface area contributed by atoms with Gasteiger partial charge in [0.2, 0.25) is 11.8 Å². The molecule has 2 bridgehead atoms. The van der Waals surface area contributed by atoms with E-state index in [-0.39, 0.29) is 29.9 Å². The molecule has 4 fully saturated rings. The minimum absolute atomic E-state index is 0.172. The maximum Gasteiger partial charge on any atom is 0.312 e. The van der Waals surface area contributed by atoms with Crippen molar-refractivity contribution in [1.29, 1.82) is 0 Å². The lowest BCUT2D eigenvalue weighted by molar-refractivity contribution is -0.155. The summed E-state index contributed by atoms with van der Waals surface area (Å²) in [6, 6.07) is -1.51. The number of halogens is 1. The molecule has 2 amide bonds. The molecule has 1 unspecified atom stereocenters. The van der Waals surface area contributed by atoms with Crippen LogP contribution >= 0.6 is 15.9 Å². The minimum Gasteiger partial charge on any atom is -0.466 e. The topological polar surface area (TPSA) is 118 Å². The second-order valence-corrected chi connectivity index (χ2v) is 10.1. The van der Waals surface area contributed by atoms with Crippen LogP contribution in [-0.4, -0.2) is 114 Å². The largest absolute Gasteiger partial charge is 0.466 e. The standard InChI is InChI=1S/C21H32BrN3O7/c1-3-31-20(29)14-15-19(28)25(12(2)11-26)17(21(15)10-13(22)16(14)32-21)18(27)23-4-5-24-6-8-30-9-7-24/h12-17,26H,3-11H2,1-2H3,(H,23,27)/t12-,13?,14+,15-,16+,17+,21-/m1/s1. The van der Waals surface area contributed by atoms with Crippen molar-refractivity contribution in [2.75, 3.05) is 52.6 Å². The number of aliphatic hydroxyl groups is 1. The van der Waals surface area contributed by atoms with Crippen molar-refractivity contribution >= 4 is 33.7 Å². The summed E-state index contributed by atoms with van der Waals surface area (Å²) in [4.78, 5) is 43.2. The monoisotopic (exact) mass is 517 g/mol. The number of nitrogens with one attached hydrogen (secondary N) is 1. The van der Waals surface area contributed by atoms with Crippen LogP contribution in [0.1, 0.15) is 20.3 Å². The molecule has 0 aromatic carbocycles. The molecule has 0 aromatic heterocycles. The predicted molar refractivity (Wildman–Crippen MR) is 116 cm³/mol. The first-order chi connectivity index (χ1) is 15.4. The van der Waals surface area contributed by atoms with E-state index in [0.717, 1.165) is 13.1 Å². The summed E-state index contributed by atoms with van der Waals surface area (Å²) in [6.45, 7) is 7.40. The molecule has 10 nitrogen and oxygen atoms in total. The number of alkyl halides is 1. The Bertz CT molecular complexity index is 749. The fourth-order valence-electron chi connectivity index (χ4n) is 5.70. The average Bonchev–Trinajstić information content (AvgIpc) is 3.37. The molecule has 4 rings (SSSR count). The first kappa shape index (κ1) is 23.9. The lowest BCUT2D eigenvalue weighted by atomic mass is 9.70. The van der Waals surface area contributed by atoms with E-state index in [2.05, 4.69) is 26.1 Å². The van der Waals surface area contributed by atoms with Gasteiger partial charge in [-0.25, -0.2) is 0 Å². The molecule has 1 spiro atoms. The number of carbonyl (C=O) groups excluding carboxylic acids is 3. The summed E-state index contributed by atoms with van der Waals surface area (Å²) in [5.74, 6) is -2.71. The third kappa shape index (κ3) is 3.85. The van der Waals surface area contributed by atoms with Gasteiger partial charge in [-0.2, -0.15) is 0 Å². The molecule has 0 aliphatic carbocycles. The smallest absolute Gasteiger partial charge is 0.312 e. The van der Waals surface area contributed by atoms with Crippen molar-refractivity contribution in [2.24, 2.45) is 11.8 Å². The van der Waals surface area contributed by atoms with Crippen molar-refractivity contribution < 1.29 is 33.7 Å². The van der Waals surface area contributed by atoms with Gasteiger partial charge in [0.15, 0.2) is 0 Å². The second-order valence-electron chi connectivity index (χ2n) is 8.94. The zero-order chi connectivity index (χ0) is 23.0. The number of ether oxygens (including phenoxy) is 3. The Morgan fingerprint density at radius 2 is 2.09 bits per heavy atom. The molecule has 180 valence electrons. The summed E-state index contributed by atoms with van der Waals surface area (Å²) in [5.41, 5.74) is -1.13. The SMILES string of the molecule is CCOC(=O)[C@@H]1[C@H]2O[C@@]3(CC2Br)[C@H](C(=O)NCCN2CCOCC2)N([C@H](C)CO)C(=O)[C@@H]13. The van der Waals surface area contributed by atoms with Crippen LogP contribution in [0, 0.1) is 11.8 Å². The van der Waals surface area contributed by atoms with Crippen molar-refractivity contribution in [3.8, 4) is 0 Å². The summed E-state index contributed by atoms with van der Waals surface area (Å²) in [5, 5.41) is 12.8. The van der Waals surface area contributed by atoms with Crippen LogP contribution in [0.2, 0.25) is 0 Å². The van der Waals surface area contributed by atoms with E-state index in [0.29, 0.717) is 32.7 Å². The van der Waals surface area contributed by atoms with Gasteiger partial charge in [0.1, 0.15) is 11.6 Å². The fourth-order valence-corrected chi connectivity index (χ4v) is 6.64. The number of hydrogen-bond donors (Lipinski definition) is 2. The lowest BCUT2D eigenvalue weighted by Crippen LogP contribution is -2.58. The molecule has 4 aliphatic heterocycles. The van der Waals surface area contributed by atoms with Crippen molar-refractivity contribution in [3.63, 3.8) is 0 Å². The van der Waals surface area contributed by atoms with Gasteiger partial charge in [0.05, 0.1) is 50.4 Å². The molecule has 4 saturated heterocycles. The maximum absolute atomic E-state index is 13.5. The van der Waals surface area contributed by atoms with Gasteiger partial charge in [-0.1, -0.05) is 15.9 Å².